The van der Waals surface area contributed by atoms with Crippen LogP contribution in [0.2, 0.25) is 0 Å². The Morgan fingerprint density at radius 2 is 1.81 bits per heavy atom. The maximum Gasteiger partial charge on any atom is 0.160 e. The third-order valence-electron chi connectivity index (χ3n) is 6.34. The fourth-order valence-corrected chi connectivity index (χ4v) is 4.68. The van der Waals surface area contributed by atoms with E-state index < -0.39 is 0 Å². The predicted molar refractivity (Wildman–Crippen MR) is 125 cm³/mol. The highest BCUT2D eigenvalue weighted by molar-refractivity contribution is 5.78. The van der Waals surface area contributed by atoms with Gasteiger partial charge in [0.05, 0.1) is 29.4 Å². The molecule has 2 aliphatic heterocycles. The van der Waals surface area contributed by atoms with Crippen LogP contribution < -0.4 is 10.2 Å². The number of fused-ring (bicyclic) bond motifs is 2. The summed E-state index contributed by atoms with van der Waals surface area (Å²) in [5.41, 5.74) is 5.03. The Balaban J connectivity index is 1.46. The molecule has 0 saturated carbocycles. The van der Waals surface area contributed by atoms with Gasteiger partial charge in [-0.2, -0.15) is 9.61 Å². The summed E-state index contributed by atoms with van der Waals surface area (Å²) in [5, 5.41) is 8.58. The first kappa shape index (κ1) is 19.4. The van der Waals surface area contributed by atoms with E-state index in [1.807, 2.05) is 41.8 Å². The lowest BCUT2D eigenvalue weighted by Gasteiger charge is -2.25. The molecule has 0 spiro atoms. The molecule has 0 amide bonds. The molecule has 2 fully saturated rings. The minimum absolute atomic E-state index is 0.274. The first-order valence-electron chi connectivity index (χ1n) is 11.5. The molecule has 0 bridgehead atoms. The molecule has 1 N–H and O–H groups in total. The Kier molecular flexibility index (Phi) is 4.87. The molecule has 0 aliphatic carbocycles. The van der Waals surface area contributed by atoms with E-state index in [0.717, 1.165) is 77.9 Å². The number of para-hydroxylation sites is 2. The maximum atomic E-state index is 5.69. The number of hydrogen-bond acceptors (Lipinski definition) is 7. The lowest BCUT2D eigenvalue weighted by Crippen LogP contribution is -2.31. The highest BCUT2D eigenvalue weighted by atomic mass is 16.5. The summed E-state index contributed by atoms with van der Waals surface area (Å²) in [6.07, 6.45) is 4.58. The molecule has 2 saturated heterocycles. The van der Waals surface area contributed by atoms with Crippen LogP contribution in [0, 0.1) is 6.92 Å². The van der Waals surface area contributed by atoms with Crippen molar-refractivity contribution < 1.29 is 4.74 Å². The molecular weight excluding hydrogens is 402 g/mol. The van der Waals surface area contributed by atoms with Gasteiger partial charge in [-0.25, -0.2) is 15.0 Å². The summed E-state index contributed by atoms with van der Waals surface area (Å²) in [7, 11) is 0. The van der Waals surface area contributed by atoms with Crippen LogP contribution >= 0.6 is 0 Å². The van der Waals surface area contributed by atoms with Crippen molar-refractivity contribution in [3.8, 4) is 11.4 Å². The van der Waals surface area contributed by atoms with Crippen molar-refractivity contribution in [1.82, 2.24) is 24.6 Å². The van der Waals surface area contributed by atoms with Crippen LogP contribution in [-0.4, -0.2) is 56.9 Å². The minimum atomic E-state index is 0.274. The molecule has 1 unspecified atom stereocenters. The van der Waals surface area contributed by atoms with Gasteiger partial charge in [0, 0.05) is 31.8 Å². The average Bonchev–Trinajstić information content (AvgIpc) is 3.49. The van der Waals surface area contributed by atoms with E-state index in [1.54, 1.807) is 0 Å². The quantitative estimate of drug-likeness (QED) is 0.528. The van der Waals surface area contributed by atoms with E-state index in [4.69, 9.17) is 24.8 Å². The van der Waals surface area contributed by atoms with Gasteiger partial charge in [0.1, 0.15) is 23.0 Å². The van der Waals surface area contributed by atoms with Crippen molar-refractivity contribution >= 4 is 28.3 Å². The molecule has 8 nitrogen and oxygen atoms in total. The van der Waals surface area contributed by atoms with Gasteiger partial charge in [-0.05, 0) is 44.7 Å². The number of aryl methyl sites for hydroxylation is 1. The Labute approximate surface area is 186 Å². The van der Waals surface area contributed by atoms with Crippen LogP contribution in [0.25, 0.3) is 28.1 Å². The zero-order valence-corrected chi connectivity index (χ0v) is 18.3. The van der Waals surface area contributed by atoms with Gasteiger partial charge in [0.15, 0.2) is 5.65 Å². The van der Waals surface area contributed by atoms with Crippen LogP contribution in [0.5, 0.6) is 0 Å². The van der Waals surface area contributed by atoms with E-state index in [2.05, 4.69) is 16.3 Å². The lowest BCUT2D eigenvalue weighted by atomic mass is 10.1. The second-order valence-corrected chi connectivity index (χ2v) is 8.70. The highest BCUT2D eigenvalue weighted by Gasteiger charge is 2.21. The van der Waals surface area contributed by atoms with Crippen molar-refractivity contribution in [2.24, 2.45) is 0 Å². The number of anilines is 2. The number of ether oxygens (including phenoxy) is 1. The maximum absolute atomic E-state index is 5.69. The summed E-state index contributed by atoms with van der Waals surface area (Å²) in [6.45, 7) is 5.64. The van der Waals surface area contributed by atoms with Crippen LogP contribution in [-0.2, 0) is 4.74 Å². The van der Waals surface area contributed by atoms with Crippen molar-refractivity contribution in [1.29, 1.82) is 0 Å². The standard InChI is InChI=1S/C24H27N7O/c1-16-24(27-19-9-3-2-8-18(19)25-16)20-13-22-28-21(30-10-4-5-11-30)14-23(31(22)29-20)26-17-7-6-12-32-15-17/h2-3,8-9,13-14,17,26H,4-7,10-12,15H2,1H3. The number of nitrogens with one attached hydrogen (secondary N) is 1. The normalized spacial score (nSPS) is 19.2. The number of hydrogen-bond donors (Lipinski definition) is 1. The van der Waals surface area contributed by atoms with Gasteiger partial charge in [-0.1, -0.05) is 12.1 Å². The van der Waals surface area contributed by atoms with Gasteiger partial charge >= 0.3 is 0 Å². The smallest absolute Gasteiger partial charge is 0.160 e. The zero-order valence-electron chi connectivity index (χ0n) is 18.3. The molecule has 0 radical (unpaired) electrons. The first-order valence-corrected chi connectivity index (χ1v) is 11.5. The van der Waals surface area contributed by atoms with E-state index in [9.17, 15) is 0 Å². The van der Waals surface area contributed by atoms with Gasteiger partial charge in [0.2, 0.25) is 0 Å². The van der Waals surface area contributed by atoms with E-state index in [-0.39, 0.29) is 6.04 Å². The largest absolute Gasteiger partial charge is 0.379 e. The SMILES string of the molecule is Cc1nc2ccccc2nc1-c1cc2nc(N3CCCC3)cc(NC3CCCOC3)n2n1. The third kappa shape index (κ3) is 3.54. The Bertz CT molecular complexity index is 1270. The summed E-state index contributed by atoms with van der Waals surface area (Å²) in [6, 6.07) is 12.4. The highest BCUT2D eigenvalue weighted by Crippen LogP contribution is 2.28. The molecule has 6 rings (SSSR count). The molecule has 32 heavy (non-hydrogen) atoms. The van der Waals surface area contributed by atoms with Crippen LogP contribution in [0.3, 0.4) is 0 Å². The molecular formula is C24H27N7O. The summed E-state index contributed by atoms with van der Waals surface area (Å²) < 4.78 is 7.59. The van der Waals surface area contributed by atoms with Crippen LogP contribution in [0.15, 0.2) is 36.4 Å². The van der Waals surface area contributed by atoms with Crippen molar-refractivity contribution in [3.05, 3.63) is 42.1 Å². The van der Waals surface area contributed by atoms with Crippen LogP contribution in [0.4, 0.5) is 11.6 Å². The second kappa shape index (κ2) is 8.02. The monoisotopic (exact) mass is 429 g/mol. The Morgan fingerprint density at radius 3 is 2.59 bits per heavy atom. The fraction of sp³-hybridized carbons (Fsp3) is 0.417. The molecule has 2 aliphatic rings. The van der Waals surface area contributed by atoms with Gasteiger partial charge < -0.3 is 15.0 Å². The van der Waals surface area contributed by atoms with E-state index >= 15 is 0 Å². The summed E-state index contributed by atoms with van der Waals surface area (Å²) in [5.74, 6) is 1.95. The number of aromatic nitrogens is 5. The molecule has 3 aromatic heterocycles. The molecule has 4 aromatic rings. The average molecular weight is 430 g/mol. The zero-order chi connectivity index (χ0) is 21.5. The summed E-state index contributed by atoms with van der Waals surface area (Å²) >= 11 is 0. The second-order valence-electron chi connectivity index (χ2n) is 8.70. The van der Waals surface area contributed by atoms with Crippen molar-refractivity contribution in [3.63, 3.8) is 0 Å². The van der Waals surface area contributed by atoms with Crippen LogP contribution in [0.1, 0.15) is 31.4 Å². The molecule has 164 valence electrons. The first-order chi connectivity index (χ1) is 15.7. The summed E-state index contributed by atoms with van der Waals surface area (Å²) in [4.78, 5) is 16.9. The number of nitrogens with zero attached hydrogens (tertiary/aromatic N) is 6. The van der Waals surface area contributed by atoms with Gasteiger partial charge in [-0.3, -0.25) is 0 Å². The third-order valence-corrected chi connectivity index (χ3v) is 6.34. The molecule has 8 heteroatoms. The number of benzene rings is 1. The molecule has 1 atom stereocenters. The fourth-order valence-electron chi connectivity index (χ4n) is 4.68. The lowest BCUT2D eigenvalue weighted by molar-refractivity contribution is 0.0874. The Hall–Kier alpha value is -3.26. The number of rotatable bonds is 4. The molecule has 5 heterocycles. The van der Waals surface area contributed by atoms with E-state index in [1.165, 1.54) is 12.8 Å². The van der Waals surface area contributed by atoms with Gasteiger partial charge in [0.25, 0.3) is 0 Å². The molecule has 1 aromatic carbocycles. The van der Waals surface area contributed by atoms with E-state index in [0.29, 0.717) is 6.61 Å². The van der Waals surface area contributed by atoms with Crippen molar-refractivity contribution in [2.75, 3.05) is 36.5 Å². The van der Waals surface area contributed by atoms with Gasteiger partial charge in [-0.15, -0.1) is 0 Å². The Morgan fingerprint density at radius 1 is 1.00 bits per heavy atom. The topological polar surface area (TPSA) is 80.5 Å². The predicted octanol–water partition coefficient (Wildman–Crippen LogP) is 3.84. The minimum Gasteiger partial charge on any atom is -0.379 e. The van der Waals surface area contributed by atoms with Crippen molar-refractivity contribution in [2.45, 2.75) is 38.6 Å².